The van der Waals surface area contributed by atoms with Crippen LogP contribution in [-0.2, 0) is 30.2 Å². The number of nitrogens with zero attached hydrogens (tertiary/aromatic N) is 2. The van der Waals surface area contributed by atoms with Crippen LogP contribution in [0.1, 0.15) is 16.1 Å². The van der Waals surface area contributed by atoms with E-state index in [4.69, 9.17) is 0 Å². The number of thiophene rings is 1. The Bertz CT molecular complexity index is 895. The van der Waals surface area contributed by atoms with Gasteiger partial charge in [-0.25, -0.2) is 8.42 Å². The SMILES string of the molecule is Cc1ccc(S(=O)(=O)N(Cc2cccs2)Cc2cccn2C)cc1. The highest BCUT2D eigenvalue weighted by Gasteiger charge is 2.25. The van der Waals surface area contributed by atoms with Gasteiger partial charge in [-0.1, -0.05) is 23.8 Å². The first kappa shape index (κ1) is 17.0. The number of benzene rings is 1. The highest BCUT2D eigenvalue weighted by Crippen LogP contribution is 2.23. The highest BCUT2D eigenvalue weighted by atomic mass is 32.2. The van der Waals surface area contributed by atoms with Crippen molar-refractivity contribution in [1.82, 2.24) is 8.87 Å². The number of hydrogen-bond donors (Lipinski definition) is 0. The third kappa shape index (κ3) is 3.61. The first-order valence-corrected chi connectivity index (χ1v) is 9.98. The molecule has 0 saturated carbocycles. The zero-order valence-corrected chi connectivity index (χ0v) is 15.3. The molecule has 2 aromatic heterocycles. The van der Waals surface area contributed by atoms with Crippen LogP contribution in [0.5, 0.6) is 0 Å². The van der Waals surface area contributed by atoms with Gasteiger partial charge in [0.25, 0.3) is 0 Å². The fourth-order valence-electron chi connectivity index (χ4n) is 2.50. The summed E-state index contributed by atoms with van der Waals surface area (Å²) in [7, 11) is -1.63. The quantitative estimate of drug-likeness (QED) is 0.671. The second-order valence-corrected chi connectivity index (χ2v) is 8.75. The summed E-state index contributed by atoms with van der Waals surface area (Å²) in [6, 6.07) is 14.8. The Morgan fingerprint density at radius 1 is 1.04 bits per heavy atom. The van der Waals surface area contributed by atoms with Crippen LogP contribution in [0, 0.1) is 6.92 Å². The lowest BCUT2D eigenvalue weighted by molar-refractivity contribution is 0.395. The minimum absolute atomic E-state index is 0.332. The number of rotatable bonds is 6. The molecule has 0 atom stereocenters. The summed E-state index contributed by atoms with van der Waals surface area (Å²) < 4.78 is 29.7. The Labute approximate surface area is 147 Å². The lowest BCUT2D eigenvalue weighted by Crippen LogP contribution is -2.30. The van der Waals surface area contributed by atoms with Crippen molar-refractivity contribution in [1.29, 1.82) is 0 Å². The molecule has 0 N–H and O–H groups in total. The Kier molecular flexibility index (Phi) is 4.89. The second kappa shape index (κ2) is 6.93. The Morgan fingerprint density at radius 3 is 2.38 bits per heavy atom. The number of sulfonamides is 1. The molecule has 0 fully saturated rings. The fourth-order valence-corrected chi connectivity index (χ4v) is 4.69. The Hall–Kier alpha value is -1.89. The van der Waals surface area contributed by atoms with Crippen molar-refractivity contribution in [2.24, 2.45) is 7.05 Å². The van der Waals surface area contributed by atoms with Crippen LogP contribution in [0.4, 0.5) is 0 Å². The maximum atomic E-state index is 13.1. The van der Waals surface area contributed by atoms with Crippen LogP contribution < -0.4 is 0 Å². The molecular formula is C18H20N2O2S2. The van der Waals surface area contributed by atoms with E-state index in [-0.39, 0.29) is 0 Å². The monoisotopic (exact) mass is 360 g/mol. The summed E-state index contributed by atoms with van der Waals surface area (Å²) in [6.07, 6.45) is 1.93. The smallest absolute Gasteiger partial charge is 0.243 e. The van der Waals surface area contributed by atoms with Gasteiger partial charge in [-0.3, -0.25) is 0 Å². The van der Waals surface area contributed by atoms with Gasteiger partial charge < -0.3 is 4.57 Å². The predicted molar refractivity (Wildman–Crippen MR) is 97.3 cm³/mol. The van der Waals surface area contributed by atoms with Crippen molar-refractivity contribution in [3.63, 3.8) is 0 Å². The van der Waals surface area contributed by atoms with Crippen LogP contribution in [-0.4, -0.2) is 17.3 Å². The van der Waals surface area contributed by atoms with Crippen LogP contribution in [0.25, 0.3) is 0 Å². The Balaban J connectivity index is 1.96. The van der Waals surface area contributed by atoms with E-state index in [1.165, 1.54) is 0 Å². The van der Waals surface area contributed by atoms with E-state index in [2.05, 4.69) is 0 Å². The average molecular weight is 361 g/mol. The van der Waals surface area contributed by atoms with Gasteiger partial charge in [0, 0.05) is 30.4 Å². The lowest BCUT2D eigenvalue weighted by atomic mass is 10.2. The summed E-state index contributed by atoms with van der Waals surface area (Å²) in [6.45, 7) is 2.67. The fraction of sp³-hybridized carbons (Fsp3) is 0.222. The predicted octanol–water partition coefficient (Wildman–Crippen LogP) is 3.79. The lowest BCUT2D eigenvalue weighted by Gasteiger charge is -2.22. The zero-order chi connectivity index (χ0) is 17.2. The number of hydrogen-bond acceptors (Lipinski definition) is 3. The molecular weight excluding hydrogens is 340 g/mol. The van der Waals surface area contributed by atoms with Crippen molar-refractivity contribution in [3.8, 4) is 0 Å². The van der Waals surface area contributed by atoms with E-state index in [0.29, 0.717) is 18.0 Å². The van der Waals surface area contributed by atoms with Gasteiger partial charge in [-0.05, 0) is 42.6 Å². The first-order chi connectivity index (χ1) is 11.5. The average Bonchev–Trinajstić information content (AvgIpc) is 3.19. The molecule has 0 unspecified atom stereocenters. The maximum absolute atomic E-state index is 13.1. The van der Waals surface area contributed by atoms with Crippen molar-refractivity contribution < 1.29 is 8.42 Å². The van der Waals surface area contributed by atoms with Gasteiger partial charge in [-0.15, -0.1) is 11.3 Å². The van der Waals surface area contributed by atoms with Gasteiger partial charge in [0.15, 0.2) is 0 Å². The molecule has 3 rings (SSSR count). The van der Waals surface area contributed by atoms with Crippen molar-refractivity contribution in [2.75, 3.05) is 0 Å². The maximum Gasteiger partial charge on any atom is 0.243 e. The number of aromatic nitrogens is 1. The molecule has 24 heavy (non-hydrogen) atoms. The molecule has 0 amide bonds. The van der Waals surface area contributed by atoms with Gasteiger partial charge >= 0.3 is 0 Å². The minimum atomic E-state index is -3.56. The zero-order valence-electron chi connectivity index (χ0n) is 13.7. The van der Waals surface area contributed by atoms with Crippen LogP contribution in [0.3, 0.4) is 0 Å². The normalized spacial score (nSPS) is 12.0. The van der Waals surface area contributed by atoms with Crippen LogP contribution >= 0.6 is 11.3 Å². The molecule has 3 aromatic rings. The summed E-state index contributed by atoms with van der Waals surface area (Å²) in [5.74, 6) is 0. The molecule has 1 aromatic carbocycles. The van der Waals surface area contributed by atoms with Crippen molar-refractivity contribution in [2.45, 2.75) is 24.9 Å². The van der Waals surface area contributed by atoms with E-state index < -0.39 is 10.0 Å². The highest BCUT2D eigenvalue weighted by molar-refractivity contribution is 7.89. The third-order valence-electron chi connectivity index (χ3n) is 3.96. The van der Waals surface area contributed by atoms with E-state index >= 15 is 0 Å². The van der Waals surface area contributed by atoms with Gasteiger partial charge in [0.1, 0.15) is 0 Å². The van der Waals surface area contributed by atoms with Crippen LogP contribution in [0.15, 0.2) is 65.0 Å². The van der Waals surface area contributed by atoms with Gasteiger partial charge in [0.2, 0.25) is 10.0 Å². The summed E-state index contributed by atoms with van der Waals surface area (Å²) in [4.78, 5) is 1.36. The third-order valence-corrected chi connectivity index (χ3v) is 6.63. The standard InChI is InChI=1S/C18H20N2O2S2/c1-15-7-9-18(10-8-15)24(21,22)20(14-17-6-4-12-23-17)13-16-5-3-11-19(16)2/h3-12H,13-14H2,1-2H3. The van der Waals surface area contributed by atoms with Crippen LogP contribution in [0.2, 0.25) is 0 Å². The topological polar surface area (TPSA) is 42.3 Å². The second-order valence-electron chi connectivity index (χ2n) is 5.78. The van der Waals surface area contributed by atoms with Crippen molar-refractivity contribution >= 4 is 21.4 Å². The molecule has 0 aliphatic carbocycles. The van der Waals surface area contributed by atoms with E-state index in [1.807, 2.05) is 66.5 Å². The molecule has 2 heterocycles. The number of aryl methyl sites for hydroxylation is 2. The van der Waals surface area contributed by atoms with Gasteiger partial charge in [-0.2, -0.15) is 4.31 Å². The summed E-state index contributed by atoms with van der Waals surface area (Å²) in [5.41, 5.74) is 2.00. The molecule has 0 spiro atoms. The van der Waals surface area contributed by atoms with Gasteiger partial charge in [0.05, 0.1) is 11.4 Å². The molecule has 0 aliphatic heterocycles. The van der Waals surface area contributed by atoms with E-state index in [1.54, 1.807) is 27.8 Å². The Morgan fingerprint density at radius 2 is 1.79 bits per heavy atom. The van der Waals surface area contributed by atoms with E-state index in [9.17, 15) is 8.42 Å². The largest absolute Gasteiger partial charge is 0.353 e. The van der Waals surface area contributed by atoms with E-state index in [0.717, 1.165) is 16.1 Å². The molecule has 6 heteroatoms. The van der Waals surface area contributed by atoms with Crippen molar-refractivity contribution in [3.05, 3.63) is 76.2 Å². The molecule has 0 bridgehead atoms. The molecule has 0 aliphatic rings. The first-order valence-electron chi connectivity index (χ1n) is 7.66. The molecule has 0 saturated heterocycles. The molecule has 126 valence electrons. The molecule has 4 nitrogen and oxygen atoms in total. The summed E-state index contributed by atoms with van der Waals surface area (Å²) in [5, 5.41) is 1.97. The summed E-state index contributed by atoms with van der Waals surface area (Å²) >= 11 is 1.57. The molecule has 0 radical (unpaired) electrons. The minimum Gasteiger partial charge on any atom is -0.353 e.